The molecule has 426 valence electrons. The van der Waals surface area contributed by atoms with E-state index < -0.39 is 171 Å². The van der Waals surface area contributed by atoms with Crippen molar-refractivity contribution in [3.8, 4) is 0 Å². The molecule has 0 spiro atoms. The van der Waals surface area contributed by atoms with Crippen molar-refractivity contribution < 1.29 is 94.2 Å². The second kappa shape index (κ2) is 31.4. The minimum absolute atomic E-state index is 0.130. The molecule has 75 heavy (non-hydrogen) atoms. The first-order chi connectivity index (χ1) is 35.1. The minimum Gasteiger partial charge on any atom is -0.481 e. The molecule has 14 N–H and O–H groups in total. The van der Waals surface area contributed by atoms with Crippen molar-refractivity contribution in [1.82, 2.24) is 5.32 Å². The fourth-order valence-electron chi connectivity index (χ4n) is 8.79. The van der Waals surface area contributed by atoms with E-state index in [0.29, 0.717) is 0 Å². The highest BCUT2D eigenvalue weighted by Crippen LogP contribution is 2.38. The molecular formula is C54H86N2O19. The van der Waals surface area contributed by atoms with Crippen LogP contribution in [-0.2, 0) is 38.1 Å². The van der Waals surface area contributed by atoms with E-state index >= 15 is 0 Å². The van der Waals surface area contributed by atoms with Gasteiger partial charge < -0.3 is 90.9 Å². The number of hydrogen-bond acceptors (Lipinski definition) is 19. The molecule has 21 nitrogen and oxygen atoms in total. The van der Waals surface area contributed by atoms with Crippen LogP contribution >= 0.6 is 0 Å². The van der Waals surface area contributed by atoms with E-state index in [1.807, 2.05) is 13.0 Å². The van der Waals surface area contributed by atoms with Crippen molar-refractivity contribution in [3.63, 3.8) is 0 Å². The smallest absolute Gasteiger partial charge is 0.311 e. The van der Waals surface area contributed by atoms with Crippen molar-refractivity contribution in [2.24, 2.45) is 23.5 Å². The second-order valence-corrected chi connectivity index (χ2v) is 21.1. The summed E-state index contributed by atoms with van der Waals surface area (Å²) in [5.74, 6) is -7.80. The summed E-state index contributed by atoms with van der Waals surface area (Å²) in [6, 6.07) is -2.55. The fraction of sp³-hybridized carbons (Fsp3) is 0.685. The lowest BCUT2D eigenvalue weighted by Gasteiger charge is -2.45. The molecule has 0 saturated carbocycles. The summed E-state index contributed by atoms with van der Waals surface area (Å²) in [5, 5.41) is 123. The number of ether oxygens (including phenoxy) is 5. The van der Waals surface area contributed by atoms with Gasteiger partial charge >= 0.3 is 11.9 Å². The van der Waals surface area contributed by atoms with Crippen LogP contribution in [-0.4, -0.2) is 190 Å². The molecule has 21 heteroatoms. The van der Waals surface area contributed by atoms with Crippen LogP contribution in [0.25, 0.3) is 0 Å². The molecule has 0 aliphatic carbocycles. The molecule has 0 aromatic heterocycles. The lowest BCUT2D eigenvalue weighted by Crippen LogP contribution is -2.65. The van der Waals surface area contributed by atoms with Gasteiger partial charge in [0.1, 0.15) is 30.3 Å². The van der Waals surface area contributed by atoms with Crippen LogP contribution in [0.3, 0.4) is 0 Å². The molecule has 0 aromatic carbocycles. The Morgan fingerprint density at radius 2 is 1.29 bits per heavy atom. The summed E-state index contributed by atoms with van der Waals surface area (Å²) in [4.78, 5) is 38.5. The summed E-state index contributed by atoms with van der Waals surface area (Å²) in [7, 11) is 0. The predicted octanol–water partition coefficient (Wildman–Crippen LogP) is 1.01. The minimum atomic E-state index is -2.39. The number of fused-ring (bicyclic) bond motifs is 2. The van der Waals surface area contributed by atoms with Gasteiger partial charge in [-0.15, -0.1) is 0 Å². The van der Waals surface area contributed by atoms with Crippen LogP contribution < -0.4 is 11.1 Å². The van der Waals surface area contributed by atoms with Gasteiger partial charge in [0.15, 0.2) is 12.1 Å². The molecule has 20 atom stereocenters. The first-order valence-electron chi connectivity index (χ1n) is 25.8. The largest absolute Gasteiger partial charge is 0.481 e. The molecule has 3 rings (SSSR count). The maximum Gasteiger partial charge on any atom is 0.311 e. The van der Waals surface area contributed by atoms with Crippen molar-refractivity contribution in [1.29, 1.82) is 0 Å². The van der Waals surface area contributed by atoms with Gasteiger partial charge in [-0.3, -0.25) is 14.4 Å². The van der Waals surface area contributed by atoms with Gasteiger partial charge in [-0.2, -0.15) is 0 Å². The van der Waals surface area contributed by atoms with Crippen LogP contribution in [0.4, 0.5) is 0 Å². The van der Waals surface area contributed by atoms with E-state index in [0.717, 1.165) is 0 Å². The molecule has 0 unspecified atom stereocenters. The number of nitrogens with two attached hydrogens (primary N) is 1. The number of aliphatic hydroxyl groups is 10. The highest BCUT2D eigenvalue weighted by atomic mass is 16.7. The molecular weight excluding hydrogens is 981 g/mol. The zero-order chi connectivity index (χ0) is 56.2. The van der Waals surface area contributed by atoms with E-state index in [2.05, 4.69) is 5.32 Å². The average molecular weight is 1070 g/mol. The Balaban J connectivity index is 1.93. The van der Waals surface area contributed by atoms with Crippen LogP contribution in [0.15, 0.2) is 85.1 Å². The first kappa shape index (κ1) is 65.3. The van der Waals surface area contributed by atoms with Crippen LogP contribution in [0, 0.1) is 17.8 Å². The average Bonchev–Trinajstić information content (AvgIpc) is 3.30. The predicted molar refractivity (Wildman–Crippen MR) is 275 cm³/mol. The van der Waals surface area contributed by atoms with Gasteiger partial charge in [0.2, 0.25) is 5.91 Å². The van der Waals surface area contributed by atoms with Crippen LogP contribution in [0.5, 0.6) is 0 Å². The zero-order valence-electron chi connectivity index (χ0n) is 44.2. The SMILES string of the molecule is C[C@@H]1[C@H](O)[C@@H](C)/C=C/C=C/C=C/C=C/C=C/C=C/C=C/[C@H](O[C@@H]2O[C@@H](C)[C@@H](O)[C@H](NC(=O)[C@H](N)COC(C)(C)C)[C@@H]2O)C[C@@H]2O[C@](O)(C[C@@H](O)C[C@@H](O)[C@H](O)CC[C@@H](O)C[C@@H](O)CC(=O)O[C@H]1C)C[C@H](O)[C@H]2C(=O)O. The first-order valence-corrected chi connectivity index (χ1v) is 25.8. The van der Waals surface area contributed by atoms with Crippen molar-refractivity contribution in [2.75, 3.05) is 6.61 Å². The Bertz CT molecular complexity index is 1970. The van der Waals surface area contributed by atoms with Crippen molar-refractivity contribution >= 4 is 17.8 Å². The maximum atomic E-state index is 13.1. The number of carbonyl (C=O) groups excluding carboxylic acids is 2. The van der Waals surface area contributed by atoms with Crippen LogP contribution in [0.2, 0.25) is 0 Å². The van der Waals surface area contributed by atoms with Crippen molar-refractivity contribution in [3.05, 3.63) is 85.1 Å². The monoisotopic (exact) mass is 1070 g/mol. The molecule has 3 aliphatic rings. The molecule has 1 amide bonds. The molecule has 0 radical (unpaired) electrons. The van der Waals surface area contributed by atoms with E-state index in [9.17, 15) is 70.6 Å². The van der Waals surface area contributed by atoms with Crippen molar-refractivity contribution in [2.45, 2.75) is 209 Å². The highest BCUT2D eigenvalue weighted by Gasteiger charge is 2.51. The summed E-state index contributed by atoms with van der Waals surface area (Å²) in [6.07, 6.45) is 1.59. The standard InChI is InChI=1S/C54H86N2O19/c1-31-20-18-16-14-12-10-8-9-11-13-15-17-19-21-38(74-52-49(66)46(48(65)34(4)73-52)56-50(67)39(55)30-71-53(5,6)7)27-43-45(51(68)69)42(62)29-54(70,75-43)28-37(59)25-41(61)40(60)23-22-35(57)24-36(58)26-44(63)72-33(3)32(2)47(31)64/h8-21,31-43,45-49,52,57-62,64-66,70H,22-30,55H2,1-7H3,(H,56,67)(H,68,69)/b9-8+,12-10+,13-11+,16-14+,17-15+,20-18+,21-19+/t31-,32-,33-,34-,35+,36+,37-,38-,39+,40+,41+,42-,43-,45+,46-,47+,48+,49-,52-,54+/m0/s1. The fourth-order valence-corrected chi connectivity index (χ4v) is 8.79. The van der Waals surface area contributed by atoms with Gasteiger partial charge in [-0.05, 0) is 53.9 Å². The third kappa shape index (κ3) is 22.9. The van der Waals surface area contributed by atoms with E-state index in [1.54, 1.807) is 108 Å². The number of hydrogen-bond donors (Lipinski definition) is 13. The number of rotatable bonds is 7. The summed E-state index contributed by atoms with van der Waals surface area (Å²) < 4.78 is 29.2. The number of aliphatic hydroxyl groups excluding tert-OH is 9. The third-order valence-corrected chi connectivity index (χ3v) is 13.3. The molecule has 2 saturated heterocycles. The zero-order valence-corrected chi connectivity index (χ0v) is 44.2. The lowest BCUT2D eigenvalue weighted by molar-refractivity contribution is -0.309. The number of esters is 1. The second-order valence-electron chi connectivity index (χ2n) is 21.1. The molecule has 0 aromatic rings. The van der Waals surface area contributed by atoms with E-state index in [-0.39, 0.29) is 31.8 Å². The Hall–Kier alpha value is -4.01. The number of carboxylic acids is 1. The Morgan fingerprint density at radius 3 is 1.87 bits per heavy atom. The number of cyclic esters (lactones) is 1. The highest BCUT2D eigenvalue weighted by molar-refractivity contribution is 5.82. The van der Waals surface area contributed by atoms with E-state index in [1.165, 1.54) is 13.0 Å². The Labute approximate surface area is 440 Å². The normalized spacial score (nSPS) is 41.6. The molecule has 2 fully saturated rings. The summed E-state index contributed by atoms with van der Waals surface area (Å²) >= 11 is 0. The molecule has 3 heterocycles. The Kier molecular flexibility index (Phi) is 27.3. The van der Waals surface area contributed by atoms with Gasteiger partial charge in [-0.1, -0.05) is 98.9 Å². The van der Waals surface area contributed by atoms with E-state index in [4.69, 9.17) is 29.4 Å². The summed E-state index contributed by atoms with van der Waals surface area (Å²) in [5.41, 5.74) is 5.45. The number of allylic oxidation sites excluding steroid dienone is 12. The topological polar surface area (TPSA) is 358 Å². The Morgan fingerprint density at radius 1 is 0.720 bits per heavy atom. The molecule has 3 aliphatic heterocycles. The number of nitrogens with one attached hydrogen (secondary N) is 1. The number of aliphatic carboxylic acids is 1. The maximum absolute atomic E-state index is 13.1. The van der Waals surface area contributed by atoms with Gasteiger partial charge in [-0.25, -0.2) is 0 Å². The third-order valence-electron chi connectivity index (χ3n) is 13.3. The quantitative estimate of drug-likeness (QED) is 0.158. The molecule has 2 bridgehead atoms. The van der Waals surface area contributed by atoms with Crippen LogP contribution in [0.1, 0.15) is 99.8 Å². The van der Waals surface area contributed by atoms with Gasteiger partial charge in [0.05, 0.1) is 85.7 Å². The summed E-state index contributed by atoms with van der Waals surface area (Å²) in [6.45, 7) is 11.8. The van der Waals surface area contributed by atoms with Gasteiger partial charge in [0, 0.05) is 37.5 Å². The number of carboxylic acid groups (broad SMARTS) is 1. The van der Waals surface area contributed by atoms with Gasteiger partial charge in [0.25, 0.3) is 0 Å². The number of carbonyl (C=O) groups is 3. The number of amides is 1. The lowest BCUT2D eigenvalue weighted by atomic mass is 9.82.